The second-order valence-corrected chi connectivity index (χ2v) is 8.20. The van der Waals surface area contributed by atoms with Crippen molar-refractivity contribution in [2.45, 2.75) is 13.8 Å². The summed E-state index contributed by atoms with van der Waals surface area (Å²) in [5.74, 6) is -0.149. The lowest BCUT2D eigenvalue weighted by atomic mass is 10.1. The fourth-order valence-electron chi connectivity index (χ4n) is 3.91. The third-order valence-electron chi connectivity index (χ3n) is 5.50. The summed E-state index contributed by atoms with van der Waals surface area (Å²) in [6.07, 6.45) is 1.84. The van der Waals surface area contributed by atoms with Crippen LogP contribution in [0.2, 0.25) is 0 Å². The molecule has 5 rings (SSSR count). The van der Waals surface area contributed by atoms with Crippen molar-refractivity contribution in [2.24, 2.45) is 0 Å². The molecule has 2 N–H and O–H groups in total. The smallest absolute Gasteiger partial charge is 0.255 e. The molecule has 1 heterocycles. The van der Waals surface area contributed by atoms with E-state index in [1.165, 1.54) is 5.56 Å². The average Bonchev–Trinajstić information content (AvgIpc) is 3.22. The number of aromatic nitrogens is 2. The summed E-state index contributed by atoms with van der Waals surface area (Å²) in [5.41, 5.74) is 7.52. The lowest BCUT2D eigenvalue weighted by Gasteiger charge is -2.10. The second kappa shape index (κ2) is 8.63. The van der Waals surface area contributed by atoms with Crippen molar-refractivity contribution in [3.63, 3.8) is 0 Å². The number of benzene rings is 4. The molecule has 0 saturated carbocycles. The van der Waals surface area contributed by atoms with Crippen LogP contribution < -0.4 is 10.6 Å². The van der Waals surface area contributed by atoms with Gasteiger partial charge in [-0.15, -0.1) is 0 Å². The predicted octanol–water partition coefficient (Wildman–Crippen LogP) is 6.64. The van der Waals surface area contributed by atoms with E-state index < -0.39 is 0 Å². The van der Waals surface area contributed by atoms with E-state index in [4.69, 9.17) is 0 Å². The minimum absolute atomic E-state index is 0.149. The summed E-state index contributed by atoms with van der Waals surface area (Å²) in [4.78, 5) is 12.8. The highest BCUT2D eigenvalue weighted by molar-refractivity contribution is 6.04. The summed E-state index contributed by atoms with van der Waals surface area (Å²) in [5, 5.41) is 12.0. The van der Waals surface area contributed by atoms with Crippen LogP contribution in [0.1, 0.15) is 21.5 Å². The van der Waals surface area contributed by atoms with Crippen molar-refractivity contribution >= 4 is 33.9 Å². The number of rotatable bonds is 5. The molecule has 5 heteroatoms. The Morgan fingerprint density at radius 3 is 2.24 bits per heavy atom. The van der Waals surface area contributed by atoms with Crippen molar-refractivity contribution in [3.8, 4) is 5.69 Å². The first-order valence-electron chi connectivity index (χ1n) is 10.9. The van der Waals surface area contributed by atoms with Crippen molar-refractivity contribution in [2.75, 3.05) is 10.6 Å². The molecule has 0 unspecified atom stereocenters. The molecule has 0 bridgehead atoms. The molecule has 33 heavy (non-hydrogen) atoms. The molecule has 1 amide bonds. The standard InChI is InChI=1S/C28H24N4O/c1-19-6-3-9-23(14-19)30-25-12-13-27-22(16-25)18-29-32(27)26-11-5-8-21(17-26)28(33)31-24-10-4-7-20(2)15-24/h3-18,30H,1-2H3,(H,31,33). The minimum atomic E-state index is -0.149. The lowest BCUT2D eigenvalue weighted by Crippen LogP contribution is -2.12. The van der Waals surface area contributed by atoms with Crippen LogP contribution >= 0.6 is 0 Å². The zero-order valence-corrected chi connectivity index (χ0v) is 18.5. The molecule has 0 atom stereocenters. The number of carbonyl (C=O) groups is 1. The van der Waals surface area contributed by atoms with Crippen LogP contribution in [0.25, 0.3) is 16.6 Å². The van der Waals surface area contributed by atoms with Gasteiger partial charge in [0.15, 0.2) is 0 Å². The highest BCUT2D eigenvalue weighted by Crippen LogP contribution is 2.25. The number of carbonyl (C=O) groups excluding carboxylic acids is 1. The number of hydrogen-bond acceptors (Lipinski definition) is 3. The van der Waals surface area contributed by atoms with Crippen LogP contribution in [0, 0.1) is 13.8 Å². The SMILES string of the molecule is Cc1cccc(NC(=O)c2cccc(-n3ncc4cc(Nc5cccc(C)c5)ccc43)c2)c1. The van der Waals surface area contributed by atoms with Crippen LogP contribution in [0.15, 0.2) is 97.2 Å². The molecular weight excluding hydrogens is 408 g/mol. The van der Waals surface area contributed by atoms with Gasteiger partial charge in [-0.3, -0.25) is 4.79 Å². The summed E-state index contributed by atoms with van der Waals surface area (Å²) >= 11 is 0. The Bertz CT molecular complexity index is 1470. The molecule has 0 fully saturated rings. The molecule has 1 aromatic heterocycles. The first-order chi connectivity index (χ1) is 16.0. The summed E-state index contributed by atoms with van der Waals surface area (Å²) in [7, 11) is 0. The average molecular weight is 433 g/mol. The van der Waals surface area contributed by atoms with E-state index in [0.717, 1.165) is 39.2 Å². The number of nitrogens with zero attached hydrogens (tertiary/aromatic N) is 2. The molecule has 162 valence electrons. The van der Waals surface area contributed by atoms with Gasteiger partial charge >= 0.3 is 0 Å². The van der Waals surface area contributed by atoms with Crippen LogP contribution in [0.5, 0.6) is 0 Å². The Morgan fingerprint density at radius 1 is 0.758 bits per heavy atom. The largest absolute Gasteiger partial charge is 0.355 e. The zero-order chi connectivity index (χ0) is 22.8. The Kier molecular flexibility index (Phi) is 5.37. The molecule has 0 radical (unpaired) electrons. The van der Waals surface area contributed by atoms with E-state index in [1.807, 2.05) is 90.6 Å². The van der Waals surface area contributed by atoms with Crippen LogP contribution in [0.4, 0.5) is 17.1 Å². The highest BCUT2D eigenvalue weighted by Gasteiger charge is 2.11. The number of aryl methyl sites for hydroxylation is 2. The molecule has 4 aromatic carbocycles. The quantitative estimate of drug-likeness (QED) is 0.327. The Balaban J connectivity index is 1.40. The molecule has 0 aliphatic carbocycles. The number of nitrogens with one attached hydrogen (secondary N) is 2. The van der Waals surface area contributed by atoms with Gasteiger partial charge in [0, 0.05) is 28.0 Å². The van der Waals surface area contributed by atoms with Crippen LogP contribution in [0.3, 0.4) is 0 Å². The van der Waals surface area contributed by atoms with Crippen molar-refractivity contribution < 1.29 is 4.79 Å². The monoisotopic (exact) mass is 432 g/mol. The third-order valence-corrected chi connectivity index (χ3v) is 5.50. The molecule has 0 spiro atoms. The van der Waals surface area contributed by atoms with Gasteiger partial charge in [-0.2, -0.15) is 5.10 Å². The van der Waals surface area contributed by atoms with E-state index >= 15 is 0 Å². The maximum Gasteiger partial charge on any atom is 0.255 e. The van der Waals surface area contributed by atoms with Crippen molar-refractivity contribution in [3.05, 3.63) is 114 Å². The Morgan fingerprint density at radius 2 is 1.45 bits per heavy atom. The minimum Gasteiger partial charge on any atom is -0.355 e. The molecular formula is C28H24N4O. The van der Waals surface area contributed by atoms with E-state index in [0.29, 0.717) is 5.56 Å². The molecule has 0 aliphatic heterocycles. The lowest BCUT2D eigenvalue weighted by molar-refractivity contribution is 0.102. The maximum absolute atomic E-state index is 12.8. The normalized spacial score (nSPS) is 10.8. The fraction of sp³-hybridized carbons (Fsp3) is 0.0714. The van der Waals surface area contributed by atoms with E-state index in [9.17, 15) is 4.79 Å². The van der Waals surface area contributed by atoms with Crippen molar-refractivity contribution in [1.82, 2.24) is 9.78 Å². The first-order valence-corrected chi connectivity index (χ1v) is 10.9. The Hall–Kier alpha value is -4.38. The molecule has 0 aliphatic rings. The van der Waals surface area contributed by atoms with E-state index in [2.05, 4.69) is 40.9 Å². The maximum atomic E-state index is 12.8. The Labute approximate surface area is 192 Å². The van der Waals surface area contributed by atoms with Gasteiger partial charge in [0.1, 0.15) is 0 Å². The topological polar surface area (TPSA) is 59.0 Å². The first kappa shape index (κ1) is 20.5. The number of anilines is 3. The van der Waals surface area contributed by atoms with Gasteiger partial charge in [0.2, 0.25) is 0 Å². The third kappa shape index (κ3) is 4.48. The van der Waals surface area contributed by atoms with Gasteiger partial charge in [-0.05, 0) is 85.6 Å². The summed E-state index contributed by atoms with van der Waals surface area (Å²) in [6, 6.07) is 29.7. The van der Waals surface area contributed by atoms with Gasteiger partial charge in [0.25, 0.3) is 5.91 Å². The number of fused-ring (bicyclic) bond motifs is 1. The van der Waals surface area contributed by atoms with Crippen LogP contribution in [-0.4, -0.2) is 15.7 Å². The number of hydrogen-bond donors (Lipinski definition) is 2. The predicted molar refractivity (Wildman–Crippen MR) is 135 cm³/mol. The van der Waals surface area contributed by atoms with Gasteiger partial charge in [0.05, 0.1) is 17.4 Å². The summed E-state index contributed by atoms with van der Waals surface area (Å²) < 4.78 is 1.86. The van der Waals surface area contributed by atoms with E-state index in [1.54, 1.807) is 0 Å². The fourth-order valence-corrected chi connectivity index (χ4v) is 3.91. The molecule has 5 aromatic rings. The van der Waals surface area contributed by atoms with Crippen LogP contribution in [-0.2, 0) is 0 Å². The molecule has 5 nitrogen and oxygen atoms in total. The van der Waals surface area contributed by atoms with Gasteiger partial charge in [-0.1, -0.05) is 30.3 Å². The van der Waals surface area contributed by atoms with E-state index in [-0.39, 0.29) is 5.91 Å². The summed E-state index contributed by atoms with van der Waals surface area (Å²) in [6.45, 7) is 4.08. The van der Waals surface area contributed by atoms with Crippen molar-refractivity contribution in [1.29, 1.82) is 0 Å². The van der Waals surface area contributed by atoms with Gasteiger partial charge < -0.3 is 10.6 Å². The van der Waals surface area contributed by atoms with Gasteiger partial charge in [-0.25, -0.2) is 4.68 Å². The molecule has 0 saturated heterocycles. The highest BCUT2D eigenvalue weighted by atomic mass is 16.1. The zero-order valence-electron chi connectivity index (χ0n) is 18.5. The number of amides is 1. The second-order valence-electron chi connectivity index (χ2n) is 8.20.